The van der Waals surface area contributed by atoms with E-state index in [2.05, 4.69) is 10.4 Å². The monoisotopic (exact) mass is 298 g/mol. The number of anilines is 2. The molecule has 7 heteroatoms. The number of hydrazine groups is 1. The minimum atomic E-state index is -0.839. The number of hydrogen-bond acceptors (Lipinski definition) is 4. The molecule has 0 spiro atoms. The third kappa shape index (κ3) is 3.15. The molecule has 20 heavy (non-hydrogen) atoms. The van der Waals surface area contributed by atoms with Crippen molar-refractivity contribution in [2.45, 2.75) is 6.54 Å². The maximum Gasteiger partial charge on any atom is 0.178 e. The molecule has 0 radical (unpaired) electrons. The third-order valence-electron chi connectivity index (χ3n) is 2.74. The summed E-state index contributed by atoms with van der Waals surface area (Å²) >= 11 is 5.80. The van der Waals surface area contributed by atoms with Crippen molar-refractivity contribution in [2.24, 2.45) is 5.84 Å². The fraction of sp³-hybridized carbons (Fsp3) is 0.154. The summed E-state index contributed by atoms with van der Waals surface area (Å²) in [5, 5.41) is 0.622. The summed E-state index contributed by atoms with van der Waals surface area (Å²) in [7, 11) is 1.65. The highest BCUT2D eigenvalue weighted by Gasteiger charge is 2.15. The van der Waals surface area contributed by atoms with E-state index in [1.165, 1.54) is 0 Å². The Kier molecular flexibility index (Phi) is 4.36. The number of benzene rings is 1. The zero-order valence-corrected chi connectivity index (χ0v) is 11.5. The van der Waals surface area contributed by atoms with Crippen LogP contribution in [0.3, 0.4) is 0 Å². The molecule has 0 atom stereocenters. The summed E-state index contributed by atoms with van der Waals surface area (Å²) in [6.07, 6.45) is 0. The topological polar surface area (TPSA) is 54.2 Å². The van der Waals surface area contributed by atoms with E-state index < -0.39 is 11.6 Å². The van der Waals surface area contributed by atoms with Crippen LogP contribution in [0.4, 0.5) is 20.4 Å². The predicted molar refractivity (Wildman–Crippen MR) is 75.5 cm³/mol. The molecule has 2 aromatic rings. The van der Waals surface area contributed by atoms with E-state index in [0.717, 1.165) is 11.6 Å². The molecule has 106 valence electrons. The second-order valence-corrected chi connectivity index (χ2v) is 4.69. The van der Waals surface area contributed by atoms with Crippen molar-refractivity contribution in [1.82, 2.24) is 4.98 Å². The number of nitrogens with one attached hydrogen (secondary N) is 1. The average Bonchev–Trinajstić information content (AvgIpc) is 2.41. The van der Waals surface area contributed by atoms with E-state index in [0.29, 0.717) is 11.6 Å². The van der Waals surface area contributed by atoms with Crippen LogP contribution in [0.5, 0.6) is 0 Å². The number of rotatable bonds is 4. The highest BCUT2D eigenvalue weighted by atomic mass is 35.5. The molecule has 0 aliphatic carbocycles. The Morgan fingerprint density at radius 1 is 1.25 bits per heavy atom. The lowest BCUT2D eigenvalue weighted by molar-refractivity contribution is 0.572. The van der Waals surface area contributed by atoms with Crippen molar-refractivity contribution in [1.29, 1.82) is 0 Å². The number of nitrogens with two attached hydrogens (primary N) is 1. The maximum atomic E-state index is 13.8. The van der Waals surface area contributed by atoms with Gasteiger partial charge in [0.2, 0.25) is 0 Å². The second kappa shape index (κ2) is 6.02. The van der Waals surface area contributed by atoms with Gasteiger partial charge in [0.1, 0.15) is 0 Å². The van der Waals surface area contributed by atoms with E-state index in [4.69, 9.17) is 17.4 Å². The number of nitrogen functional groups attached to an aromatic ring is 1. The van der Waals surface area contributed by atoms with Crippen LogP contribution in [0.25, 0.3) is 0 Å². The molecule has 4 nitrogen and oxygen atoms in total. The van der Waals surface area contributed by atoms with Crippen LogP contribution < -0.4 is 16.2 Å². The standard InChI is InChI=1S/C13H13ClF2N4/c1-20(7-8-2-4-9(14)5-3-8)13-11(16)6-10(15)12(18-13)19-17/h2-6H,7,17H2,1H3,(H,18,19). The van der Waals surface area contributed by atoms with Crippen LogP contribution in [0.2, 0.25) is 5.02 Å². The molecule has 0 saturated heterocycles. The Morgan fingerprint density at radius 3 is 2.50 bits per heavy atom. The summed E-state index contributed by atoms with van der Waals surface area (Å²) in [6, 6.07) is 7.87. The first-order valence-electron chi connectivity index (χ1n) is 5.79. The molecule has 0 aliphatic rings. The fourth-order valence-electron chi connectivity index (χ4n) is 1.76. The minimum Gasteiger partial charge on any atom is -0.353 e. The van der Waals surface area contributed by atoms with Gasteiger partial charge in [-0.05, 0) is 17.7 Å². The van der Waals surface area contributed by atoms with Gasteiger partial charge < -0.3 is 10.3 Å². The van der Waals surface area contributed by atoms with Gasteiger partial charge >= 0.3 is 0 Å². The Balaban J connectivity index is 2.24. The first-order chi connectivity index (χ1) is 9.51. The predicted octanol–water partition coefficient (Wildman–Crippen LogP) is 2.94. The van der Waals surface area contributed by atoms with Crippen molar-refractivity contribution in [3.8, 4) is 0 Å². The van der Waals surface area contributed by atoms with E-state index >= 15 is 0 Å². The van der Waals surface area contributed by atoms with Crippen LogP contribution in [-0.4, -0.2) is 12.0 Å². The summed E-state index contributed by atoms with van der Waals surface area (Å²) in [6.45, 7) is 0.400. The number of nitrogens with zero attached hydrogens (tertiary/aromatic N) is 2. The first kappa shape index (κ1) is 14.5. The summed E-state index contributed by atoms with van der Waals surface area (Å²) in [4.78, 5) is 5.37. The van der Waals surface area contributed by atoms with Gasteiger partial charge in [0.25, 0.3) is 0 Å². The van der Waals surface area contributed by atoms with Crippen molar-refractivity contribution in [2.75, 3.05) is 17.4 Å². The van der Waals surface area contributed by atoms with Crippen LogP contribution in [0.1, 0.15) is 5.56 Å². The Hall–Kier alpha value is -1.92. The van der Waals surface area contributed by atoms with E-state index in [9.17, 15) is 8.78 Å². The highest BCUT2D eigenvalue weighted by Crippen LogP contribution is 2.22. The van der Waals surface area contributed by atoms with Crippen molar-refractivity contribution >= 4 is 23.2 Å². The van der Waals surface area contributed by atoms with Crippen LogP contribution >= 0.6 is 11.6 Å². The summed E-state index contributed by atoms with van der Waals surface area (Å²) < 4.78 is 27.0. The van der Waals surface area contributed by atoms with Gasteiger partial charge in [0, 0.05) is 24.7 Å². The quantitative estimate of drug-likeness (QED) is 0.673. The smallest absolute Gasteiger partial charge is 0.178 e. The van der Waals surface area contributed by atoms with Gasteiger partial charge in [-0.1, -0.05) is 23.7 Å². The molecule has 0 unspecified atom stereocenters. The molecule has 1 aromatic carbocycles. The van der Waals surface area contributed by atoms with Gasteiger partial charge in [0.05, 0.1) is 0 Å². The molecule has 1 heterocycles. The lowest BCUT2D eigenvalue weighted by Crippen LogP contribution is -2.21. The van der Waals surface area contributed by atoms with Gasteiger partial charge in [0.15, 0.2) is 23.3 Å². The summed E-state index contributed by atoms with van der Waals surface area (Å²) in [5.74, 6) is 3.34. The zero-order valence-electron chi connectivity index (χ0n) is 10.7. The van der Waals surface area contributed by atoms with Gasteiger partial charge in [-0.3, -0.25) is 0 Å². The Labute approximate surface area is 120 Å². The fourth-order valence-corrected chi connectivity index (χ4v) is 1.89. The van der Waals surface area contributed by atoms with E-state index in [-0.39, 0.29) is 11.6 Å². The second-order valence-electron chi connectivity index (χ2n) is 4.25. The molecule has 2 rings (SSSR count). The number of hydrogen-bond donors (Lipinski definition) is 2. The first-order valence-corrected chi connectivity index (χ1v) is 6.17. The highest BCUT2D eigenvalue weighted by molar-refractivity contribution is 6.30. The normalized spacial score (nSPS) is 10.4. The minimum absolute atomic E-state index is 0.00861. The zero-order chi connectivity index (χ0) is 14.7. The molecule has 0 fully saturated rings. The SMILES string of the molecule is CN(Cc1ccc(Cl)cc1)c1nc(NN)c(F)cc1F. The van der Waals surface area contributed by atoms with Gasteiger partial charge in [-0.2, -0.15) is 0 Å². The molecular weight excluding hydrogens is 286 g/mol. The molecule has 0 bridgehead atoms. The van der Waals surface area contributed by atoms with Gasteiger partial charge in [-0.25, -0.2) is 19.6 Å². The molecular formula is C13H13ClF2N4. The lowest BCUT2D eigenvalue weighted by atomic mass is 10.2. The molecule has 0 amide bonds. The Bertz CT molecular complexity index is 604. The largest absolute Gasteiger partial charge is 0.353 e. The maximum absolute atomic E-state index is 13.8. The number of pyridine rings is 1. The van der Waals surface area contributed by atoms with Crippen LogP contribution in [0, 0.1) is 11.6 Å². The molecule has 0 saturated carbocycles. The van der Waals surface area contributed by atoms with Crippen molar-refractivity contribution in [3.63, 3.8) is 0 Å². The molecule has 1 aromatic heterocycles. The van der Waals surface area contributed by atoms with Crippen molar-refractivity contribution < 1.29 is 8.78 Å². The van der Waals surface area contributed by atoms with E-state index in [1.54, 1.807) is 24.1 Å². The number of halogens is 3. The average molecular weight is 299 g/mol. The van der Waals surface area contributed by atoms with Gasteiger partial charge in [-0.15, -0.1) is 0 Å². The van der Waals surface area contributed by atoms with Crippen LogP contribution in [-0.2, 0) is 6.54 Å². The molecule has 0 aliphatic heterocycles. The van der Waals surface area contributed by atoms with Crippen molar-refractivity contribution in [3.05, 3.63) is 52.6 Å². The van der Waals surface area contributed by atoms with Crippen LogP contribution in [0.15, 0.2) is 30.3 Å². The lowest BCUT2D eigenvalue weighted by Gasteiger charge is -2.19. The Morgan fingerprint density at radius 2 is 1.90 bits per heavy atom. The summed E-state index contributed by atoms with van der Waals surface area (Å²) in [5.41, 5.74) is 3.01. The molecule has 3 N–H and O–H groups in total. The third-order valence-corrected chi connectivity index (χ3v) is 2.99. The number of aromatic nitrogens is 1. The van der Waals surface area contributed by atoms with E-state index in [1.807, 2.05) is 12.1 Å².